The fraction of sp³-hybridized carbons (Fsp3) is 0.333. The second-order valence-corrected chi connectivity index (χ2v) is 5.42. The smallest absolute Gasteiger partial charge is 0.305 e. The fourth-order valence-corrected chi connectivity index (χ4v) is 2.66. The first kappa shape index (κ1) is 13.5. The molecule has 0 atom stereocenters. The van der Waals surface area contributed by atoms with Crippen molar-refractivity contribution in [3.05, 3.63) is 36.2 Å². The van der Waals surface area contributed by atoms with Gasteiger partial charge >= 0.3 is 5.97 Å². The minimum absolute atomic E-state index is 0.0356. The Morgan fingerprint density at radius 3 is 2.52 bits per heavy atom. The van der Waals surface area contributed by atoms with Crippen LogP contribution in [0.15, 0.2) is 30.6 Å². The van der Waals surface area contributed by atoms with Gasteiger partial charge in [0.25, 0.3) is 5.91 Å². The number of hydrogen-bond acceptors (Lipinski definition) is 4. The molecule has 1 aliphatic rings. The minimum Gasteiger partial charge on any atom is -0.481 e. The number of aliphatic carboxylic acids is 1. The number of carboxylic acids is 1. The monoisotopic (exact) mass is 285 g/mol. The average Bonchev–Trinajstić information content (AvgIpc) is 2.43. The van der Waals surface area contributed by atoms with Gasteiger partial charge in [-0.2, -0.15) is 0 Å². The second-order valence-electron chi connectivity index (χ2n) is 5.42. The lowest BCUT2D eigenvalue weighted by Gasteiger charge is -2.41. The van der Waals surface area contributed by atoms with Gasteiger partial charge in [0.2, 0.25) is 0 Å². The van der Waals surface area contributed by atoms with Crippen molar-refractivity contribution in [1.29, 1.82) is 0 Å². The quantitative estimate of drug-likeness (QED) is 0.893. The van der Waals surface area contributed by atoms with Crippen LogP contribution in [-0.2, 0) is 4.79 Å². The molecule has 1 heterocycles. The average molecular weight is 285 g/mol. The summed E-state index contributed by atoms with van der Waals surface area (Å²) in [6.07, 6.45) is 5.49. The molecular weight excluding hydrogens is 270 g/mol. The van der Waals surface area contributed by atoms with E-state index >= 15 is 0 Å². The SMILES string of the molecule is O=C(O)CC1(NC(=O)c2ccc3nccnc3c2)CCC1. The molecule has 0 unspecified atom stereocenters. The predicted octanol–water partition coefficient (Wildman–Crippen LogP) is 1.76. The first-order valence-electron chi connectivity index (χ1n) is 6.83. The van der Waals surface area contributed by atoms with E-state index in [4.69, 9.17) is 5.11 Å². The van der Waals surface area contributed by atoms with E-state index in [9.17, 15) is 9.59 Å². The van der Waals surface area contributed by atoms with Crippen LogP contribution in [-0.4, -0.2) is 32.5 Å². The van der Waals surface area contributed by atoms with Gasteiger partial charge in [0.15, 0.2) is 0 Å². The Hall–Kier alpha value is -2.50. The number of amides is 1. The number of rotatable bonds is 4. The van der Waals surface area contributed by atoms with Crippen LogP contribution in [0.1, 0.15) is 36.0 Å². The molecule has 2 N–H and O–H groups in total. The standard InChI is InChI=1S/C15H15N3O3/c19-13(20)9-15(4-1-5-15)18-14(21)10-2-3-11-12(8-10)17-7-6-16-11/h2-3,6-8H,1,4-5,9H2,(H,18,21)(H,19,20). The summed E-state index contributed by atoms with van der Waals surface area (Å²) in [5.74, 6) is -1.15. The number of nitrogens with zero attached hydrogens (tertiary/aromatic N) is 2. The number of nitrogens with one attached hydrogen (secondary N) is 1. The molecule has 1 saturated carbocycles. The Labute approximate surface area is 121 Å². The highest BCUT2D eigenvalue weighted by Gasteiger charge is 2.40. The van der Waals surface area contributed by atoms with Gasteiger partial charge in [-0.15, -0.1) is 0 Å². The first-order valence-corrected chi connectivity index (χ1v) is 6.83. The van der Waals surface area contributed by atoms with E-state index in [1.165, 1.54) is 0 Å². The third-order valence-electron chi connectivity index (χ3n) is 3.91. The molecule has 0 radical (unpaired) electrons. The highest BCUT2D eigenvalue weighted by atomic mass is 16.4. The summed E-state index contributed by atoms with van der Waals surface area (Å²) in [5, 5.41) is 11.8. The Balaban J connectivity index is 1.81. The van der Waals surface area contributed by atoms with Gasteiger partial charge in [-0.1, -0.05) is 0 Å². The number of fused-ring (bicyclic) bond motifs is 1. The van der Waals surface area contributed by atoms with E-state index in [1.54, 1.807) is 30.6 Å². The Kier molecular flexibility index (Phi) is 3.29. The van der Waals surface area contributed by atoms with Crippen LogP contribution < -0.4 is 5.32 Å². The maximum atomic E-state index is 12.3. The summed E-state index contributed by atoms with van der Waals surface area (Å²) < 4.78 is 0. The Morgan fingerprint density at radius 2 is 1.90 bits per heavy atom. The number of carboxylic acid groups (broad SMARTS) is 1. The van der Waals surface area contributed by atoms with E-state index < -0.39 is 11.5 Å². The molecule has 3 rings (SSSR count). The van der Waals surface area contributed by atoms with Gasteiger partial charge in [0, 0.05) is 18.0 Å². The highest BCUT2D eigenvalue weighted by Crippen LogP contribution is 2.35. The van der Waals surface area contributed by atoms with Crippen LogP contribution in [0.4, 0.5) is 0 Å². The predicted molar refractivity (Wildman–Crippen MR) is 75.8 cm³/mol. The Morgan fingerprint density at radius 1 is 1.19 bits per heavy atom. The van der Waals surface area contributed by atoms with E-state index in [0.29, 0.717) is 23.9 Å². The van der Waals surface area contributed by atoms with E-state index in [2.05, 4.69) is 15.3 Å². The van der Waals surface area contributed by atoms with Crippen molar-refractivity contribution >= 4 is 22.9 Å². The maximum absolute atomic E-state index is 12.3. The van der Waals surface area contributed by atoms with Gasteiger partial charge in [0.1, 0.15) is 0 Å². The minimum atomic E-state index is -0.889. The molecule has 0 spiro atoms. The zero-order valence-electron chi connectivity index (χ0n) is 11.4. The lowest BCUT2D eigenvalue weighted by Crippen LogP contribution is -2.54. The van der Waals surface area contributed by atoms with E-state index in [0.717, 1.165) is 11.9 Å². The van der Waals surface area contributed by atoms with E-state index in [-0.39, 0.29) is 12.3 Å². The van der Waals surface area contributed by atoms with Crippen LogP contribution in [0.5, 0.6) is 0 Å². The molecule has 108 valence electrons. The number of carbonyl (C=O) groups excluding carboxylic acids is 1. The molecule has 21 heavy (non-hydrogen) atoms. The zero-order chi connectivity index (χ0) is 14.9. The molecule has 0 saturated heterocycles. The summed E-state index contributed by atoms with van der Waals surface area (Å²) in [7, 11) is 0. The summed E-state index contributed by atoms with van der Waals surface area (Å²) in [6, 6.07) is 5.09. The first-order chi connectivity index (χ1) is 10.1. The van der Waals surface area contributed by atoms with Crippen molar-refractivity contribution in [3.63, 3.8) is 0 Å². The van der Waals surface area contributed by atoms with Crippen LogP contribution in [0.2, 0.25) is 0 Å². The lowest BCUT2D eigenvalue weighted by molar-refractivity contribution is -0.139. The molecule has 6 nitrogen and oxygen atoms in total. The van der Waals surface area contributed by atoms with Crippen LogP contribution in [0.25, 0.3) is 11.0 Å². The molecule has 1 fully saturated rings. The van der Waals surface area contributed by atoms with Crippen LogP contribution in [0.3, 0.4) is 0 Å². The topological polar surface area (TPSA) is 92.2 Å². The van der Waals surface area contributed by atoms with E-state index in [1.807, 2.05) is 0 Å². The van der Waals surface area contributed by atoms with Crippen LogP contribution >= 0.6 is 0 Å². The second kappa shape index (κ2) is 5.12. The molecule has 1 amide bonds. The molecule has 1 aromatic heterocycles. The molecule has 1 aliphatic carbocycles. The van der Waals surface area contributed by atoms with Crippen molar-refractivity contribution in [2.24, 2.45) is 0 Å². The number of hydrogen-bond donors (Lipinski definition) is 2. The normalized spacial score (nSPS) is 16.2. The molecule has 2 aromatic rings. The molecule has 6 heteroatoms. The fourth-order valence-electron chi connectivity index (χ4n) is 2.66. The highest BCUT2D eigenvalue weighted by molar-refractivity contribution is 5.97. The Bertz CT molecular complexity index is 710. The van der Waals surface area contributed by atoms with Crippen molar-refractivity contribution in [2.45, 2.75) is 31.2 Å². The molecule has 0 bridgehead atoms. The third-order valence-corrected chi connectivity index (χ3v) is 3.91. The summed E-state index contributed by atoms with van der Waals surface area (Å²) in [4.78, 5) is 31.6. The summed E-state index contributed by atoms with van der Waals surface area (Å²) in [5.41, 5.74) is 1.24. The van der Waals surface area contributed by atoms with Gasteiger partial charge in [0.05, 0.1) is 23.0 Å². The number of benzene rings is 1. The molecular formula is C15H15N3O3. The van der Waals surface area contributed by atoms with Gasteiger partial charge in [-0.3, -0.25) is 19.6 Å². The summed E-state index contributed by atoms with van der Waals surface area (Å²) >= 11 is 0. The van der Waals surface area contributed by atoms with Gasteiger partial charge < -0.3 is 10.4 Å². The van der Waals surface area contributed by atoms with Gasteiger partial charge in [-0.05, 0) is 37.5 Å². The third kappa shape index (κ3) is 2.69. The number of carbonyl (C=O) groups is 2. The van der Waals surface area contributed by atoms with Crippen molar-refractivity contribution in [1.82, 2.24) is 15.3 Å². The van der Waals surface area contributed by atoms with Crippen molar-refractivity contribution in [3.8, 4) is 0 Å². The lowest BCUT2D eigenvalue weighted by atomic mass is 9.74. The van der Waals surface area contributed by atoms with Crippen molar-refractivity contribution in [2.75, 3.05) is 0 Å². The summed E-state index contributed by atoms with van der Waals surface area (Å²) in [6.45, 7) is 0. The maximum Gasteiger partial charge on any atom is 0.305 e. The molecule has 0 aliphatic heterocycles. The largest absolute Gasteiger partial charge is 0.481 e. The van der Waals surface area contributed by atoms with Gasteiger partial charge in [-0.25, -0.2) is 0 Å². The number of aromatic nitrogens is 2. The molecule has 1 aromatic carbocycles. The van der Waals surface area contributed by atoms with Crippen molar-refractivity contribution < 1.29 is 14.7 Å². The van der Waals surface area contributed by atoms with Crippen LogP contribution in [0, 0.1) is 0 Å². The zero-order valence-corrected chi connectivity index (χ0v) is 11.4.